The van der Waals surface area contributed by atoms with E-state index in [4.69, 9.17) is 4.74 Å². The molecule has 1 aliphatic heterocycles. The molecule has 0 radical (unpaired) electrons. The van der Waals surface area contributed by atoms with E-state index in [0.717, 1.165) is 28.8 Å². The molecular formula is C25H24N2O2. The summed E-state index contributed by atoms with van der Waals surface area (Å²) in [5, 5.41) is 3.55. The van der Waals surface area contributed by atoms with Gasteiger partial charge in [0, 0.05) is 40.8 Å². The minimum atomic E-state index is -0.143. The van der Waals surface area contributed by atoms with E-state index in [1.54, 1.807) is 31.5 Å². The summed E-state index contributed by atoms with van der Waals surface area (Å²) >= 11 is 0. The number of rotatable bonds is 4. The van der Waals surface area contributed by atoms with Crippen LogP contribution in [0.15, 0.2) is 73.1 Å². The Hall–Kier alpha value is -3.40. The Balaban J connectivity index is 1.80. The fourth-order valence-corrected chi connectivity index (χ4v) is 3.82. The molecule has 1 N–H and O–H groups in total. The summed E-state index contributed by atoms with van der Waals surface area (Å²) in [4.78, 5) is 17.3. The van der Waals surface area contributed by atoms with Crippen LogP contribution in [-0.2, 0) is 6.42 Å². The van der Waals surface area contributed by atoms with Gasteiger partial charge in [0.05, 0.1) is 12.7 Å². The van der Waals surface area contributed by atoms with Crippen LogP contribution in [0.1, 0.15) is 35.3 Å². The zero-order chi connectivity index (χ0) is 20.4. The summed E-state index contributed by atoms with van der Waals surface area (Å²) in [6.45, 7) is 4.29. The van der Waals surface area contributed by atoms with Crippen molar-refractivity contribution in [3.63, 3.8) is 0 Å². The van der Waals surface area contributed by atoms with Gasteiger partial charge in [0.25, 0.3) is 0 Å². The van der Waals surface area contributed by atoms with Crippen LogP contribution in [-0.4, -0.2) is 23.4 Å². The Morgan fingerprint density at radius 2 is 1.93 bits per heavy atom. The van der Waals surface area contributed by atoms with Gasteiger partial charge >= 0.3 is 0 Å². The molecule has 2 aromatic carbocycles. The molecule has 4 rings (SSSR count). The van der Waals surface area contributed by atoms with Crippen LogP contribution in [0.2, 0.25) is 0 Å². The molecule has 29 heavy (non-hydrogen) atoms. The van der Waals surface area contributed by atoms with Crippen LogP contribution in [0.4, 0.5) is 0 Å². The van der Waals surface area contributed by atoms with Gasteiger partial charge in [-0.25, -0.2) is 0 Å². The summed E-state index contributed by atoms with van der Waals surface area (Å²) < 4.78 is 5.37. The zero-order valence-corrected chi connectivity index (χ0v) is 16.9. The minimum absolute atomic E-state index is 0.0830. The molecule has 0 saturated carbocycles. The Morgan fingerprint density at radius 1 is 1.10 bits per heavy atom. The van der Waals surface area contributed by atoms with Gasteiger partial charge in [0.2, 0.25) is 0 Å². The number of allylic oxidation sites excluding steroid dienone is 1. The average molecular weight is 384 g/mol. The van der Waals surface area contributed by atoms with Gasteiger partial charge in [-0.3, -0.25) is 9.78 Å². The van der Waals surface area contributed by atoms with E-state index in [0.29, 0.717) is 11.3 Å². The quantitative estimate of drug-likeness (QED) is 0.513. The maximum absolute atomic E-state index is 13.1. The van der Waals surface area contributed by atoms with Crippen molar-refractivity contribution in [1.82, 2.24) is 10.3 Å². The predicted molar refractivity (Wildman–Crippen MR) is 116 cm³/mol. The molecule has 0 spiro atoms. The smallest absolute Gasteiger partial charge is 0.191 e. The third-order valence-corrected chi connectivity index (χ3v) is 5.15. The first-order valence-corrected chi connectivity index (χ1v) is 9.68. The van der Waals surface area contributed by atoms with Gasteiger partial charge in [0.1, 0.15) is 5.75 Å². The standard InChI is InChI=1S/C25H24N2O2/c1-25(2)15-18-11-10-17(19-7-6-12-26-16-19)13-21(18)22(27-25)14-23(28)20-8-4-5-9-24(20)29-3/h4-14,16,27H,15H2,1-3H3. The van der Waals surface area contributed by atoms with E-state index in [9.17, 15) is 4.79 Å². The molecule has 146 valence electrons. The Kier molecular flexibility index (Phi) is 4.93. The van der Waals surface area contributed by atoms with Crippen molar-refractivity contribution in [3.8, 4) is 16.9 Å². The average Bonchev–Trinajstić information content (AvgIpc) is 2.73. The third-order valence-electron chi connectivity index (χ3n) is 5.15. The van der Waals surface area contributed by atoms with Gasteiger partial charge in [-0.2, -0.15) is 0 Å². The van der Waals surface area contributed by atoms with E-state index in [1.165, 1.54) is 5.56 Å². The summed E-state index contributed by atoms with van der Waals surface area (Å²) in [6.07, 6.45) is 6.19. The maximum Gasteiger partial charge on any atom is 0.191 e. The number of nitrogens with zero attached hydrogens (tertiary/aromatic N) is 1. The fourth-order valence-electron chi connectivity index (χ4n) is 3.82. The van der Waals surface area contributed by atoms with Crippen LogP contribution in [0.3, 0.4) is 0 Å². The number of methoxy groups -OCH3 is 1. The minimum Gasteiger partial charge on any atom is -0.496 e. The number of ether oxygens (including phenoxy) is 1. The molecule has 0 aliphatic carbocycles. The number of para-hydroxylation sites is 1. The second kappa shape index (κ2) is 7.55. The van der Waals surface area contributed by atoms with E-state index < -0.39 is 0 Å². The number of carbonyl (C=O) groups is 1. The van der Waals surface area contributed by atoms with Crippen molar-refractivity contribution in [2.45, 2.75) is 25.8 Å². The summed E-state index contributed by atoms with van der Waals surface area (Å²) in [5.41, 5.74) is 5.64. The number of aromatic nitrogens is 1. The van der Waals surface area contributed by atoms with Gasteiger partial charge < -0.3 is 10.1 Å². The van der Waals surface area contributed by atoms with E-state index in [2.05, 4.69) is 42.3 Å². The topological polar surface area (TPSA) is 51.2 Å². The molecule has 4 heteroatoms. The summed E-state index contributed by atoms with van der Waals surface area (Å²) in [5.74, 6) is 0.495. The first-order valence-electron chi connectivity index (χ1n) is 9.68. The zero-order valence-electron chi connectivity index (χ0n) is 16.9. The number of carbonyl (C=O) groups excluding carboxylic acids is 1. The number of hydrogen-bond acceptors (Lipinski definition) is 4. The van der Waals surface area contributed by atoms with Crippen molar-refractivity contribution in [3.05, 3.63) is 89.8 Å². The number of hydrogen-bond donors (Lipinski definition) is 1. The number of fused-ring (bicyclic) bond motifs is 1. The Morgan fingerprint density at radius 3 is 2.69 bits per heavy atom. The second-order valence-electron chi connectivity index (χ2n) is 7.92. The summed E-state index contributed by atoms with van der Waals surface area (Å²) in [7, 11) is 1.58. The van der Waals surface area contributed by atoms with Gasteiger partial charge in [0.15, 0.2) is 5.78 Å². The Labute approximate surface area is 171 Å². The molecule has 0 fully saturated rings. The lowest BCUT2D eigenvalue weighted by molar-refractivity contribution is 0.104. The van der Waals surface area contributed by atoms with Crippen LogP contribution in [0, 0.1) is 0 Å². The fraction of sp³-hybridized carbons (Fsp3) is 0.200. The molecule has 0 unspecified atom stereocenters. The first-order chi connectivity index (χ1) is 14.0. The highest BCUT2D eigenvalue weighted by atomic mass is 16.5. The molecule has 3 aromatic rings. The Bertz CT molecular complexity index is 1080. The largest absolute Gasteiger partial charge is 0.496 e. The maximum atomic E-state index is 13.1. The van der Waals surface area contributed by atoms with Crippen LogP contribution < -0.4 is 10.1 Å². The third kappa shape index (κ3) is 3.92. The normalized spacial score (nSPS) is 16.0. The number of benzene rings is 2. The lowest BCUT2D eigenvalue weighted by Crippen LogP contribution is -2.43. The van der Waals surface area contributed by atoms with E-state index in [1.807, 2.05) is 30.5 Å². The highest BCUT2D eigenvalue weighted by Crippen LogP contribution is 2.33. The highest BCUT2D eigenvalue weighted by Gasteiger charge is 2.28. The van der Waals surface area contributed by atoms with Crippen molar-refractivity contribution in [2.24, 2.45) is 0 Å². The molecule has 4 nitrogen and oxygen atoms in total. The highest BCUT2D eigenvalue weighted by molar-refractivity contribution is 6.10. The van der Waals surface area contributed by atoms with E-state index in [-0.39, 0.29) is 11.3 Å². The van der Waals surface area contributed by atoms with Crippen molar-refractivity contribution in [1.29, 1.82) is 0 Å². The molecule has 1 aliphatic rings. The lowest BCUT2D eigenvalue weighted by Gasteiger charge is -2.36. The molecule has 0 saturated heterocycles. The van der Waals surface area contributed by atoms with Crippen LogP contribution >= 0.6 is 0 Å². The molecule has 0 bridgehead atoms. The molecular weight excluding hydrogens is 360 g/mol. The van der Waals surface area contributed by atoms with E-state index >= 15 is 0 Å². The molecule has 2 heterocycles. The molecule has 0 atom stereocenters. The second-order valence-corrected chi connectivity index (χ2v) is 7.92. The molecule has 0 amide bonds. The summed E-state index contributed by atoms with van der Waals surface area (Å²) in [6, 6.07) is 17.7. The molecule has 1 aromatic heterocycles. The monoisotopic (exact) mass is 384 g/mol. The number of ketones is 1. The predicted octanol–water partition coefficient (Wildman–Crippen LogP) is 4.91. The first kappa shape index (κ1) is 18.9. The SMILES string of the molecule is COc1ccccc1C(=O)C=C1NC(C)(C)Cc2ccc(-c3cccnc3)cc21. The van der Waals surface area contributed by atoms with Crippen molar-refractivity contribution >= 4 is 11.5 Å². The number of nitrogens with one attached hydrogen (secondary N) is 1. The van der Waals surface area contributed by atoms with Crippen LogP contribution in [0.5, 0.6) is 5.75 Å². The van der Waals surface area contributed by atoms with Gasteiger partial charge in [-0.05, 0) is 55.7 Å². The van der Waals surface area contributed by atoms with Crippen molar-refractivity contribution < 1.29 is 9.53 Å². The van der Waals surface area contributed by atoms with Gasteiger partial charge in [-0.15, -0.1) is 0 Å². The lowest BCUT2D eigenvalue weighted by atomic mass is 9.84. The van der Waals surface area contributed by atoms with Gasteiger partial charge in [-0.1, -0.05) is 30.3 Å². The van der Waals surface area contributed by atoms with Crippen LogP contribution in [0.25, 0.3) is 16.8 Å². The van der Waals surface area contributed by atoms with Crippen molar-refractivity contribution in [2.75, 3.05) is 7.11 Å². The number of pyridine rings is 1.